The van der Waals surface area contributed by atoms with E-state index < -0.39 is 35.3 Å². The van der Waals surface area contributed by atoms with Crippen LogP contribution in [0.5, 0.6) is 11.5 Å². The molecule has 1 aliphatic rings. The number of aryl methyl sites for hydroxylation is 1. The summed E-state index contributed by atoms with van der Waals surface area (Å²) in [5.41, 5.74) is 0.825. The normalized spacial score (nSPS) is 18.9. The Morgan fingerprint density at radius 2 is 1.48 bits per heavy atom. The van der Waals surface area contributed by atoms with E-state index in [0.717, 1.165) is 16.7 Å². The molecule has 0 bridgehead atoms. The van der Waals surface area contributed by atoms with Gasteiger partial charge >= 0.3 is 5.69 Å². The third-order valence-corrected chi connectivity index (χ3v) is 7.30. The van der Waals surface area contributed by atoms with Crippen LogP contribution in [0.4, 0.5) is 0 Å². The Morgan fingerprint density at radius 1 is 0.925 bits per heavy atom. The maximum atomic E-state index is 12.5. The van der Waals surface area contributed by atoms with Crippen LogP contribution in [0, 0.1) is 6.92 Å². The number of aliphatic hydroxyl groups is 1. The Bertz CT molecular complexity index is 1500. The van der Waals surface area contributed by atoms with E-state index in [1.54, 1.807) is 21.1 Å². The average Bonchev–Trinajstić information content (AvgIpc) is 3.36. The Hall–Kier alpha value is -4.18. The molecule has 1 saturated heterocycles. The molecule has 4 aromatic rings. The van der Waals surface area contributed by atoms with Crippen molar-refractivity contribution >= 4 is 0 Å². The van der Waals surface area contributed by atoms with E-state index in [1.165, 1.54) is 10.8 Å². The lowest BCUT2D eigenvalue weighted by Crippen LogP contribution is -2.38. The molecule has 40 heavy (non-hydrogen) atoms. The Balaban J connectivity index is 1.54. The van der Waals surface area contributed by atoms with Crippen LogP contribution in [0.1, 0.15) is 34.9 Å². The summed E-state index contributed by atoms with van der Waals surface area (Å²) in [6, 6.07) is 25.1. The minimum absolute atomic E-state index is 0.0156. The summed E-state index contributed by atoms with van der Waals surface area (Å²) >= 11 is 0. The molecule has 0 aliphatic carbocycles. The lowest BCUT2D eigenvalue weighted by atomic mass is 9.80. The number of ether oxygens (including phenoxy) is 4. The zero-order valence-corrected chi connectivity index (χ0v) is 22.6. The third kappa shape index (κ3) is 5.19. The smallest absolute Gasteiger partial charge is 0.330 e. The molecule has 5 rings (SSSR count). The Kier molecular flexibility index (Phi) is 7.88. The van der Waals surface area contributed by atoms with Crippen molar-refractivity contribution in [2.75, 3.05) is 20.8 Å². The second-order valence-corrected chi connectivity index (χ2v) is 9.73. The number of aliphatic hydroxyl groups excluding tert-OH is 1. The first kappa shape index (κ1) is 27.4. The van der Waals surface area contributed by atoms with Gasteiger partial charge in [0.25, 0.3) is 5.56 Å². The first-order chi connectivity index (χ1) is 19.3. The largest absolute Gasteiger partial charge is 0.497 e. The van der Waals surface area contributed by atoms with Crippen molar-refractivity contribution in [1.82, 2.24) is 9.55 Å². The Morgan fingerprint density at radius 3 is 2.02 bits per heavy atom. The quantitative estimate of drug-likeness (QED) is 0.309. The minimum Gasteiger partial charge on any atom is -0.497 e. The van der Waals surface area contributed by atoms with E-state index >= 15 is 0 Å². The molecular weight excluding hydrogens is 514 g/mol. The molecule has 2 N–H and O–H groups in total. The maximum absolute atomic E-state index is 12.5. The number of H-pyrrole nitrogens is 1. The number of hydrogen-bond donors (Lipinski definition) is 2. The monoisotopic (exact) mass is 546 g/mol. The molecule has 1 fully saturated rings. The second kappa shape index (κ2) is 11.5. The predicted molar refractivity (Wildman–Crippen MR) is 149 cm³/mol. The minimum atomic E-state index is -1.08. The van der Waals surface area contributed by atoms with Crippen molar-refractivity contribution in [3.63, 3.8) is 0 Å². The van der Waals surface area contributed by atoms with Gasteiger partial charge in [-0.15, -0.1) is 0 Å². The molecule has 1 aliphatic heterocycles. The number of aromatic amines is 1. The van der Waals surface area contributed by atoms with Crippen molar-refractivity contribution in [2.24, 2.45) is 0 Å². The second-order valence-electron chi connectivity index (χ2n) is 9.73. The fraction of sp³-hybridized carbons (Fsp3) is 0.290. The van der Waals surface area contributed by atoms with E-state index in [1.807, 2.05) is 78.9 Å². The van der Waals surface area contributed by atoms with Crippen LogP contribution in [0.3, 0.4) is 0 Å². The Labute approximate surface area is 231 Å². The molecule has 0 radical (unpaired) electrons. The molecule has 1 aromatic heterocycles. The fourth-order valence-corrected chi connectivity index (χ4v) is 5.12. The summed E-state index contributed by atoms with van der Waals surface area (Å²) in [4.78, 5) is 26.6. The fourth-order valence-electron chi connectivity index (χ4n) is 5.12. The number of hydrogen-bond acceptors (Lipinski definition) is 7. The third-order valence-electron chi connectivity index (χ3n) is 7.30. The van der Waals surface area contributed by atoms with Gasteiger partial charge in [-0.05, 0) is 47.9 Å². The van der Waals surface area contributed by atoms with Crippen molar-refractivity contribution in [3.8, 4) is 11.5 Å². The highest BCUT2D eigenvalue weighted by Gasteiger charge is 2.42. The molecular formula is C31H32N2O7. The zero-order chi connectivity index (χ0) is 28.3. The summed E-state index contributed by atoms with van der Waals surface area (Å²) < 4.78 is 25.1. The van der Waals surface area contributed by atoms with Gasteiger partial charge in [-0.25, -0.2) is 4.79 Å². The summed E-state index contributed by atoms with van der Waals surface area (Å²) in [5.74, 6) is 1.42. The molecule has 208 valence electrons. The standard InChI is InChI=1S/C31H32N2O7/c1-20-18-33(30(36)32-29(20)35)28-17-26(34)27(40-28)19-39-31(21-7-5-4-6-8-21,22-9-13-24(37-2)14-10-22)23-11-15-25(38-3)16-12-23/h4-16,18,26-28,34H,17,19H2,1-3H3,(H,32,35,36)/t26-,27+,28+/m0/s1/i1+2. The van der Waals surface area contributed by atoms with Crippen LogP contribution in [-0.4, -0.2) is 47.7 Å². The van der Waals surface area contributed by atoms with E-state index in [9.17, 15) is 14.7 Å². The van der Waals surface area contributed by atoms with E-state index in [2.05, 4.69) is 4.98 Å². The number of nitrogens with zero attached hydrogens (tertiary/aromatic N) is 1. The summed E-state index contributed by atoms with van der Waals surface area (Å²) in [6.45, 7) is 1.63. The summed E-state index contributed by atoms with van der Waals surface area (Å²) in [6.07, 6.45) is -0.763. The molecule has 9 heteroatoms. The highest BCUT2D eigenvalue weighted by Crippen LogP contribution is 2.42. The predicted octanol–water partition coefficient (Wildman–Crippen LogP) is 3.52. The van der Waals surface area contributed by atoms with Crippen molar-refractivity contribution in [3.05, 3.63) is 128 Å². The van der Waals surface area contributed by atoms with Crippen LogP contribution in [0.2, 0.25) is 0 Å². The number of nitrogens with one attached hydrogen (secondary N) is 1. The molecule has 0 saturated carbocycles. The van der Waals surface area contributed by atoms with E-state index in [0.29, 0.717) is 17.1 Å². The summed E-state index contributed by atoms with van der Waals surface area (Å²) in [5, 5.41) is 11.0. The van der Waals surface area contributed by atoms with E-state index in [4.69, 9.17) is 18.9 Å². The van der Waals surface area contributed by atoms with Crippen molar-refractivity contribution in [1.29, 1.82) is 0 Å². The van der Waals surface area contributed by atoms with Gasteiger partial charge in [0.1, 0.15) is 29.4 Å². The van der Waals surface area contributed by atoms with Gasteiger partial charge in [0.05, 0.1) is 26.9 Å². The first-order valence-corrected chi connectivity index (χ1v) is 13.0. The molecule has 3 atom stereocenters. The first-order valence-electron chi connectivity index (χ1n) is 13.0. The van der Waals surface area contributed by atoms with Gasteiger partial charge in [-0.1, -0.05) is 54.6 Å². The van der Waals surface area contributed by atoms with Crippen LogP contribution < -0.4 is 20.7 Å². The van der Waals surface area contributed by atoms with Crippen LogP contribution in [0.25, 0.3) is 0 Å². The van der Waals surface area contributed by atoms with Gasteiger partial charge < -0.3 is 24.1 Å². The molecule has 3 aromatic carbocycles. The van der Waals surface area contributed by atoms with Crippen molar-refractivity contribution in [2.45, 2.75) is 37.4 Å². The van der Waals surface area contributed by atoms with Crippen LogP contribution in [-0.2, 0) is 15.1 Å². The lowest BCUT2D eigenvalue weighted by Gasteiger charge is -2.37. The molecule has 0 spiro atoms. The summed E-state index contributed by atoms with van der Waals surface area (Å²) in [7, 11) is 3.23. The number of benzene rings is 3. The van der Waals surface area contributed by atoms with Crippen molar-refractivity contribution < 1.29 is 24.1 Å². The highest BCUT2D eigenvalue weighted by molar-refractivity contribution is 5.49. The number of rotatable bonds is 9. The number of methoxy groups -OCH3 is 2. The molecule has 0 amide bonds. The highest BCUT2D eigenvalue weighted by atomic mass is 16.6. The number of aromatic nitrogens is 2. The molecule has 9 nitrogen and oxygen atoms in total. The average molecular weight is 547 g/mol. The van der Waals surface area contributed by atoms with Gasteiger partial charge in [0.15, 0.2) is 0 Å². The topological polar surface area (TPSA) is 112 Å². The van der Waals surface area contributed by atoms with Gasteiger partial charge in [-0.3, -0.25) is 14.3 Å². The maximum Gasteiger partial charge on any atom is 0.330 e. The molecule has 2 heterocycles. The van der Waals surface area contributed by atoms with Gasteiger partial charge in [-0.2, -0.15) is 0 Å². The molecule has 0 unspecified atom stereocenters. The SMILES string of the molecule is COc1ccc(C(OC[C@H]2O[C@@H](n3cc([14CH3])c(=O)[nH]c3=O)C[C@@H]2O)(c2ccccc2)c2ccc(OC)cc2)cc1. The lowest BCUT2D eigenvalue weighted by molar-refractivity contribution is -0.0944. The van der Waals surface area contributed by atoms with Gasteiger partial charge in [0.2, 0.25) is 0 Å². The van der Waals surface area contributed by atoms with Crippen LogP contribution in [0.15, 0.2) is 94.6 Å². The van der Waals surface area contributed by atoms with E-state index in [-0.39, 0.29) is 13.0 Å². The van der Waals surface area contributed by atoms with Gasteiger partial charge in [0, 0.05) is 18.2 Å². The van der Waals surface area contributed by atoms with Crippen LogP contribution >= 0.6 is 0 Å². The zero-order valence-electron chi connectivity index (χ0n) is 22.6.